The van der Waals surface area contributed by atoms with Gasteiger partial charge < -0.3 is 15.4 Å². The Bertz CT molecular complexity index is 484. The molecule has 0 aromatic heterocycles. The number of nitrogens with one attached hydrogen (secondary N) is 2. The summed E-state index contributed by atoms with van der Waals surface area (Å²) in [6.07, 6.45) is -0.389. The topological polar surface area (TPSA) is 50.4 Å². The number of halogens is 1. The molecule has 2 N–H and O–H groups in total. The van der Waals surface area contributed by atoms with Crippen LogP contribution in [0.2, 0.25) is 5.02 Å². The van der Waals surface area contributed by atoms with Gasteiger partial charge in [-0.3, -0.25) is 0 Å². The molecule has 1 aromatic rings. The molecular weight excluding hydrogens is 288 g/mol. The average Bonchev–Trinajstić information content (AvgIpc) is 2.29. The Hall–Kier alpha value is -1.26. The van der Waals surface area contributed by atoms with E-state index in [4.69, 9.17) is 16.3 Å². The second kappa shape index (κ2) is 7.66. The molecule has 1 rings (SSSR count). The molecule has 0 saturated heterocycles. The van der Waals surface area contributed by atoms with Gasteiger partial charge in [-0.25, -0.2) is 4.79 Å². The minimum absolute atomic E-state index is 0.00698. The third-order valence-electron chi connectivity index (χ3n) is 2.83. The number of alkyl carbamates (subject to hydrolysis) is 1. The number of carbonyl (C=O) groups is 1. The third-order valence-corrected chi connectivity index (χ3v) is 3.07. The van der Waals surface area contributed by atoms with Crippen molar-refractivity contribution in [3.63, 3.8) is 0 Å². The van der Waals surface area contributed by atoms with Crippen LogP contribution in [-0.4, -0.2) is 24.3 Å². The van der Waals surface area contributed by atoms with Crippen LogP contribution in [0, 0.1) is 6.92 Å². The van der Waals surface area contributed by atoms with Gasteiger partial charge in [0.15, 0.2) is 0 Å². The zero-order valence-corrected chi connectivity index (χ0v) is 14.2. The Balaban J connectivity index is 2.33. The summed E-state index contributed by atoms with van der Waals surface area (Å²) in [5, 5.41) is 6.86. The molecule has 1 atom stereocenters. The lowest BCUT2D eigenvalue weighted by Crippen LogP contribution is -2.42. The van der Waals surface area contributed by atoms with Gasteiger partial charge in [0.2, 0.25) is 0 Å². The molecule has 1 unspecified atom stereocenters. The smallest absolute Gasteiger partial charge is 0.407 e. The second-order valence-electron chi connectivity index (χ2n) is 6.25. The highest BCUT2D eigenvalue weighted by atomic mass is 35.5. The highest BCUT2D eigenvalue weighted by Gasteiger charge is 2.17. The van der Waals surface area contributed by atoms with E-state index in [1.165, 1.54) is 5.56 Å². The predicted molar refractivity (Wildman–Crippen MR) is 86.7 cm³/mol. The molecule has 4 nitrogen and oxygen atoms in total. The van der Waals surface area contributed by atoms with E-state index in [9.17, 15) is 4.79 Å². The first-order valence-electron chi connectivity index (χ1n) is 7.12. The van der Waals surface area contributed by atoms with E-state index in [1.54, 1.807) is 0 Å². The van der Waals surface area contributed by atoms with E-state index in [1.807, 2.05) is 52.8 Å². The number of rotatable bonds is 5. The van der Waals surface area contributed by atoms with Crippen molar-refractivity contribution < 1.29 is 9.53 Å². The molecule has 0 bridgehead atoms. The highest BCUT2D eigenvalue weighted by Crippen LogP contribution is 2.14. The summed E-state index contributed by atoms with van der Waals surface area (Å²) >= 11 is 5.93. The van der Waals surface area contributed by atoms with Gasteiger partial charge in [0.1, 0.15) is 5.60 Å². The third kappa shape index (κ3) is 7.34. The van der Waals surface area contributed by atoms with Crippen molar-refractivity contribution in [2.75, 3.05) is 6.54 Å². The summed E-state index contributed by atoms with van der Waals surface area (Å²) < 4.78 is 5.21. The number of hydrogen-bond acceptors (Lipinski definition) is 3. The van der Waals surface area contributed by atoms with Gasteiger partial charge in [0.05, 0.1) is 0 Å². The lowest BCUT2D eigenvalue weighted by Gasteiger charge is -2.22. The number of carbonyl (C=O) groups excluding carboxylic acids is 1. The van der Waals surface area contributed by atoms with E-state index < -0.39 is 5.60 Å². The largest absolute Gasteiger partial charge is 0.444 e. The standard InChI is InChI=1S/C16H25ClN2O2/c1-11-8-14(17)7-6-13(11)10-18-9-12(2)19-15(20)21-16(3,4)5/h6-8,12,18H,9-10H2,1-5H3,(H,19,20). The van der Waals surface area contributed by atoms with Gasteiger partial charge in [0.25, 0.3) is 0 Å². The van der Waals surface area contributed by atoms with Crippen molar-refractivity contribution >= 4 is 17.7 Å². The van der Waals surface area contributed by atoms with E-state index in [2.05, 4.69) is 10.6 Å². The summed E-state index contributed by atoms with van der Waals surface area (Å²) in [5.74, 6) is 0. The van der Waals surface area contributed by atoms with Crippen LogP contribution in [0.4, 0.5) is 4.79 Å². The van der Waals surface area contributed by atoms with Crippen LogP contribution in [0.5, 0.6) is 0 Å². The van der Waals surface area contributed by atoms with Crippen LogP contribution in [0.15, 0.2) is 18.2 Å². The van der Waals surface area contributed by atoms with Crippen molar-refractivity contribution in [3.05, 3.63) is 34.3 Å². The molecule has 0 aliphatic heterocycles. The summed E-state index contributed by atoms with van der Waals surface area (Å²) in [6, 6.07) is 5.83. The molecule has 21 heavy (non-hydrogen) atoms. The fraction of sp³-hybridized carbons (Fsp3) is 0.562. The number of benzene rings is 1. The van der Waals surface area contributed by atoms with Gasteiger partial charge >= 0.3 is 6.09 Å². The van der Waals surface area contributed by atoms with Gasteiger partial charge in [0, 0.05) is 24.2 Å². The maximum absolute atomic E-state index is 11.6. The molecule has 0 heterocycles. The molecule has 1 amide bonds. The molecular formula is C16H25ClN2O2. The molecule has 118 valence electrons. The Labute approximate surface area is 132 Å². The number of hydrogen-bond donors (Lipinski definition) is 2. The first-order chi connectivity index (χ1) is 9.67. The zero-order valence-electron chi connectivity index (χ0n) is 13.4. The Morgan fingerprint density at radius 1 is 1.38 bits per heavy atom. The van der Waals surface area contributed by atoms with Crippen molar-refractivity contribution in [1.29, 1.82) is 0 Å². The highest BCUT2D eigenvalue weighted by molar-refractivity contribution is 6.30. The average molecular weight is 313 g/mol. The fourth-order valence-electron chi connectivity index (χ4n) is 1.84. The number of ether oxygens (including phenoxy) is 1. The Morgan fingerprint density at radius 2 is 2.05 bits per heavy atom. The monoisotopic (exact) mass is 312 g/mol. The Morgan fingerprint density at radius 3 is 2.62 bits per heavy atom. The van der Waals surface area contributed by atoms with E-state index >= 15 is 0 Å². The van der Waals surface area contributed by atoms with Gasteiger partial charge in [-0.15, -0.1) is 0 Å². The van der Waals surface area contributed by atoms with Crippen molar-refractivity contribution in [3.8, 4) is 0 Å². The molecule has 0 saturated carbocycles. The predicted octanol–water partition coefficient (Wildman–Crippen LogP) is 3.65. The molecule has 5 heteroatoms. The van der Waals surface area contributed by atoms with Gasteiger partial charge in [-0.1, -0.05) is 17.7 Å². The molecule has 0 radical (unpaired) electrons. The van der Waals surface area contributed by atoms with Crippen molar-refractivity contribution in [2.24, 2.45) is 0 Å². The maximum atomic E-state index is 11.6. The SMILES string of the molecule is Cc1cc(Cl)ccc1CNCC(C)NC(=O)OC(C)(C)C. The number of amides is 1. The van der Waals surface area contributed by atoms with Crippen molar-refractivity contribution in [2.45, 2.75) is 52.8 Å². The van der Waals surface area contributed by atoms with E-state index in [0.717, 1.165) is 17.1 Å². The molecule has 1 aromatic carbocycles. The van der Waals surface area contributed by atoms with Gasteiger partial charge in [-0.05, 0) is 57.9 Å². The lowest BCUT2D eigenvalue weighted by molar-refractivity contribution is 0.0508. The van der Waals surface area contributed by atoms with E-state index in [0.29, 0.717) is 6.54 Å². The van der Waals surface area contributed by atoms with Crippen LogP contribution < -0.4 is 10.6 Å². The fourth-order valence-corrected chi connectivity index (χ4v) is 2.07. The molecule has 0 aliphatic rings. The van der Waals surface area contributed by atoms with Crippen LogP contribution >= 0.6 is 11.6 Å². The normalized spacial score (nSPS) is 12.9. The first-order valence-corrected chi connectivity index (χ1v) is 7.50. The van der Waals surface area contributed by atoms with Crippen LogP contribution in [0.25, 0.3) is 0 Å². The van der Waals surface area contributed by atoms with E-state index in [-0.39, 0.29) is 12.1 Å². The zero-order chi connectivity index (χ0) is 16.0. The molecule has 0 aliphatic carbocycles. The van der Waals surface area contributed by atoms with Crippen LogP contribution in [0.1, 0.15) is 38.8 Å². The quantitative estimate of drug-likeness (QED) is 0.872. The minimum atomic E-state index is -0.475. The van der Waals surface area contributed by atoms with Gasteiger partial charge in [-0.2, -0.15) is 0 Å². The summed E-state index contributed by atoms with van der Waals surface area (Å²) in [7, 11) is 0. The van der Waals surface area contributed by atoms with Crippen LogP contribution in [-0.2, 0) is 11.3 Å². The molecule has 0 fully saturated rings. The minimum Gasteiger partial charge on any atom is -0.444 e. The Kier molecular flexibility index (Phi) is 6.49. The summed E-state index contributed by atoms with van der Waals surface area (Å²) in [6.45, 7) is 10.9. The van der Waals surface area contributed by atoms with Crippen LogP contribution in [0.3, 0.4) is 0 Å². The van der Waals surface area contributed by atoms with Crippen molar-refractivity contribution in [1.82, 2.24) is 10.6 Å². The lowest BCUT2D eigenvalue weighted by atomic mass is 10.1. The summed E-state index contributed by atoms with van der Waals surface area (Å²) in [4.78, 5) is 11.6. The molecule has 0 spiro atoms. The number of aryl methyl sites for hydroxylation is 1. The second-order valence-corrected chi connectivity index (χ2v) is 6.69. The summed E-state index contributed by atoms with van der Waals surface area (Å²) in [5.41, 5.74) is 1.88. The maximum Gasteiger partial charge on any atom is 0.407 e. The first kappa shape index (κ1) is 17.8.